The second-order valence-corrected chi connectivity index (χ2v) is 4.92. The molecule has 1 aromatic carbocycles. The molecule has 0 radical (unpaired) electrons. The van der Waals surface area contributed by atoms with Gasteiger partial charge >= 0.3 is 0 Å². The molecule has 0 saturated carbocycles. The number of hydrogen-bond donors (Lipinski definition) is 1. The fraction of sp³-hybridized carbons (Fsp3) is 0.222. The molecule has 0 unspecified atom stereocenters. The van der Waals surface area contributed by atoms with Crippen molar-refractivity contribution in [3.8, 4) is 0 Å². The molecule has 0 fully saturated rings. The van der Waals surface area contributed by atoms with Crippen LogP contribution in [0.1, 0.15) is 0 Å². The van der Waals surface area contributed by atoms with Gasteiger partial charge in [-0.2, -0.15) is 0 Å². The lowest BCUT2D eigenvalue weighted by Gasteiger charge is -1.90. The van der Waals surface area contributed by atoms with E-state index in [0.29, 0.717) is 16.0 Å². The van der Waals surface area contributed by atoms with Crippen LogP contribution < -0.4 is 0 Å². The summed E-state index contributed by atoms with van der Waals surface area (Å²) in [5.74, 6) is 1.42. The first-order valence-electron chi connectivity index (χ1n) is 4.25. The van der Waals surface area contributed by atoms with Crippen LogP contribution in [-0.2, 0) is 0 Å². The Hall–Kier alpha value is -0.360. The molecular weight excluding hydrogens is 254 g/mol. The number of benzene rings is 1. The van der Waals surface area contributed by atoms with Gasteiger partial charge in [0.25, 0.3) is 5.22 Å². The van der Waals surface area contributed by atoms with Crippen molar-refractivity contribution in [3.63, 3.8) is 0 Å². The molecule has 0 saturated heterocycles. The first-order valence-corrected chi connectivity index (χ1v) is 6.55. The van der Waals surface area contributed by atoms with Gasteiger partial charge in [-0.1, -0.05) is 23.4 Å². The molecule has 0 atom stereocenters. The Labute approximate surface area is 100 Å². The Morgan fingerprint density at radius 3 is 3.07 bits per heavy atom. The third kappa shape index (κ3) is 2.81. The zero-order valence-electron chi connectivity index (χ0n) is 7.64. The summed E-state index contributed by atoms with van der Waals surface area (Å²) in [6.45, 7) is 0. The van der Waals surface area contributed by atoms with E-state index >= 15 is 0 Å². The Morgan fingerprint density at radius 1 is 1.40 bits per heavy atom. The van der Waals surface area contributed by atoms with Crippen LogP contribution in [0.3, 0.4) is 0 Å². The van der Waals surface area contributed by atoms with Gasteiger partial charge < -0.3 is 8.97 Å². The molecule has 2 rings (SSSR count). The van der Waals surface area contributed by atoms with Gasteiger partial charge in [0, 0.05) is 16.5 Å². The van der Waals surface area contributed by atoms with Crippen molar-refractivity contribution < 1.29 is 8.97 Å². The molecule has 1 N–H and O–H groups in total. The molecule has 15 heavy (non-hydrogen) atoms. The Kier molecular flexibility index (Phi) is 3.80. The van der Waals surface area contributed by atoms with Crippen molar-refractivity contribution in [2.24, 2.45) is 0 Å². The van der Waals surface area contributed by atoms with Gasteiger partial charge in [-0.25, -0.2) is 4.98 Å². The normalized spacial score (nSPS) is 11.1. The average molecular weight is 262 g/mol. The van der Waals surface area contributed by atoms with Crippen molar-refractivity contribution in [1.29, 1.82) is 0 Å². The lowest BCUT2D eigenvalue weighted by Crippen LogP contribution is -1.81. The smallest absolute Gasteiger partial charge is 0.256 e. The molecule has 0 bridgehead atoms. The highest BCUT2D eigenvalue weighted by molar-refractivity contribution is 8.00. The van der Waals surface area contributed by atoms with Gasteiger partial charge in [0.2, 0.25) is 0 Å². The van der Waals surface area contributed by atoms with E-state index in [4.69, 9.17) is 20.6 Å². The first-order chi connectivity index (χ1) is 7.29. The summed E-state index contributed by atoms with van der Waals surface area (Å²) in [7, 11) is 0. The van der Waals surface area contributed by atoms with Crippen LogP contribution in [-0.4, -0.2) is 21.0 Å². The number of nitrogens with zero attached hydrogens (tertiary/aromatic N) is 1. The molecule has 3 nitrogen and oxygen atoms in total. The van der Waals surface area contributed by atoms with Crippen molar-refractivity contribution in [2.45, 2.75) is 5.22 Å². The summed E-state index contributed by atoms with van der Waals surface area (Å²) in [4.78, 5) is 4.27. The molecule has 0 amide bonds. The van der Waals surface area contributed by atoms with Crippen LogP contribution >= 0.6 is 35.4 Å². The SMILES string of the molecule is OSCCSc1nc2cc(Cl)ccc2o1. The topological polar surface area (TPSA) is 46.3 Å². The minimum absolute atomic E-state index is 0.612. The third-order valence-electron chi connectivity index (χ3n) is 1.73. The first kappa shape index (κ1) is 11.1. The summed E-state index contributed by atoms with van der Waals surface area (Å²) >= 11 is 8.12. The van der Waals surface area contributed by atoms with E-state index in [-0.39, 0.29) is 0 Å². The van der Waals surface area contributed by atoms with Crippen molar-refractivity contribution in [2.75, 3.05) is 11.5 Å². The van der Waals surface area contributed by atoms with E-state index in [1.54, 1.807) is 18.2 Å². The maximum Gasteiger partial charge on any atom is 0.256 e. The fourth-order valence-electron chi connectivity index (χ4n) is 1.11. The van der Waals surface area contributed by atoms with E-state index in [1.807, 2.05) is 0 Å². The minimum Gasteiger partial charge on any atom is -0.431 e. The molecular formula is C9H8ClNO2S2. The zero-order valence-corrected chi connectivity index (χ0v) is 10.0. The monoisotopic (exact) mass is 261 g/mol. The van der Waals surface area contributed by atoms with Crippen LogP contribution in [0.15, 0.2) is 27.8 Å². The van der Waals surface area contributed by atoms with Crippen molar-refractivity contribution in [1.82, 2.24) is 4.98 Å². The molecule has 0 aliphatic carbocycles. The summed E-state index contributed by atoms with van der Waals surface area (Å²) in [6, 6.07) is 5.34. The Morgan fingerprint density at radius 2 is 2.27 bits per heavy atom. The number of hydrogen-bond acceptors (Lipinski definition) is 5. The van der Waals surface area contributed by atoms with Gasteiger partial charge in [0.05, 0.1) is 0 Å². The number of aromatic nitrogens is 1. The van der Waals surface area contributed by atoms with Crippen LogP contribution in [0.2, 0.25) is 5.02 Å². The molecule has 0 aliphatic heterocycles. The van der Waals surface area contributed by atoms with Gasteiger partial charge in [-0.3, -0.25) is 0 Å². The third-order valence-corrected chi connectivity index (χ3v) is 3.44. The summed E-state index contributed by atoms with van der Waals surface area (Å²) in [5.41, 5.74) is 1.50. The largest absolute Gasteiger partial charge is 0.431 e. The van der Waals surface area contributed by atoms with E-state index < -0.39 is 0 Å². The summed E-state index contributed by atoms with van der Waals surface area (Å²) in [6.07, 6.45) is 0. The molecule has 1 heterocycles. The molecule has 2 aromatic rings. The predicted octanol–water partition coefficient (Wildman–Crippen LogP) is 3.78. The van der Waals surface area contributed by atoms with Crippen LogP contribution in [0.25, 0.3) is 11.1 Å². The number of halogens is 1. The Bertz CT molecular complexity index is 460. The molecule has 1 aromatic heterocycles. The van der Waals surface area contributed by atoms with Crippen LogP contribution in [0.5, 0.6) is 0 Å². The molecule has 0 spiro atoms. The predicted molar refractivity (Wildman–Crippen MR) is 64.8 cm³/mol. The molecule has 6 heteroatoms. The quantitative estimate of drug-likeness (QED) is 0.516. The zero-order chi connectivity index (χ0) is 10.7. The molecule has 80 valence electrons. The Balaban J connectivity index is 2.16. The van der Waals surface area contributed by atoms with E-state index in [9.17, 15) is 0 Å². The summed E-state index contributed by atoms with van der Waals surface area (Å²) in [5, 5.41) is 1.26. The highest BCUT2D eigenvalue weighted by Crippen LogP contribution is 2.25. The van der Waals surface area contributed by atoms with Crippen molar-refractivity contribution in [3.05, 3.63) is 23.2 Å². The second kappa shape index (κ2) is 5.12. The molecule has 0 aliphatic rings. The highest BCUT2D eigenvalue weighted by atomic mass is 35.5. The van der Waals surface area contributed by atoms with Gasteiger partial charge in [0.15, 0.2) is 5.58 Å². The highest BCUT2D eigenvalue weighted by Gasteiger charge is 2.06. The average Bonchev–Trinajstić information content (AvgIpc) is 2.60. The number of rotatable bonds is 4. The number of thioether (sulfide) groups is 1. The number of fused-ring (bicyclic) bond motifs is 1. The van der Waals surface area contributed by atoms with Crippen LogP contribution in [0.4, 0.5) is 0 Å². The lowest BCUT2D eigenvalue weighted by atomic mass is 10.3. The number of oxazole rings is 1. The maximum absolute atomic E-state index is 8.56. The fourth-order valence-corrected chi connectivity index (χ4v) is 2.39. The second-order valence-electron chi connectivity index (χ2n) is 2.77. The van der Waals surface area contributed by atoms with Crippen LogP contribution in [0, 0.1) is 0 Å². The minimum atomic E-state index is 0.612. The van der Waals surface area contributed by atoms with E-state index in [2.05, 4.69) is 4.98 Å². The van der Waals surface area contributed by atoms with Gasteiger partial charge in [0.1, 0.15) is 5.52 Å². The summed E-state index contributed by atoms with van der Waals surface area (Å²) < 4.78 is 14.0. The van der Waals surface area contributed by atoms with Gasteiger partial charge in [-0.05, 0) is 30.2 Å². The van der Waals surface area contributed by atoms with E-state index in [1.165, 1.54) is 11.8 Å². The standard InChI is InChI=1S/C9H8ClNO2S2/c10-6-1-2-8-7(5-6)11-9(13-8)14-3-4-15-12/h1-2,5,12H,3-4H2. The van der Waals surface area contributed by atoms with E-state index in [0.717, 1.165) is 28.9 Å². The maximum atomic E-state index is 8.56. The van der Waals surface area contributed by atoms with Gasteiger partial charge in [-0.15, -0.1) is 0 Å². The lowest BCUT2D eigenvalue weighted by molar-refractivity contribution is 0.489. The van der Waals surface area contributed by atoms with Crippen molar-refractivity contribution >= 4 is 46.5 Å².